The number of imidazole rings is 1. The molecule has 0 saturated carbocycles. The number of carbonyl (C=O) groups excluding carboxylic acids is 1. The average Bonchev–Trinajstić information content (AvgIpc) is 3.48. The topological polar surface area (TPSA) is 113 Å². The summed E-state index contributed by atoms with van der Waals surface area (Å²) in [5.41, 5.74) is 1.88. The molecule has 32 heavy (non-hydrogen) atoms. The van der Waals surface area contributed by atoms with E-state index in [-0.39, 0.29) is 5.91 Å². The second-order valence-corrected chi connectivity index (χ2v) is 7.55. The van der Waals surface area contributed by atoms with E-state index < -0.39 is 11.6 Å². The monoisotopic (exact) mass is 434 g/mol. The van der Waals surface area contributed by atoms with Gasteiger partial charge in [0.2, 0.25) is 5.89 Å². The van der Waals surface area contributed by atoms with Gasteiger partial charge in [-0.15, -0.1) is 0 Å². The molecule has 4 rings (SSSR count). The Bertz CT molecular complexity index is 1200. The highest BCUT2D eigenvalue weighted by molar-refractivity contribution is 5.93. The fourth-order valence-corrected chi connectivity index (χ4v) is 3.91. The van der Waals surface area contributed by atoms with Crippen LogP contribution in [0.25, 0.3) is 22.6 Å². The van der Waals surface area contributed by atoms with Gasteiger partial charge in [-0.2, -0.15) is 0 Å². The molecule has 2 aromatic carbocycles. The molecule has 0 aliphatic rings. The number of aliphatic hydroxyl groups excluding tert-OH is 1. The van der Waals surface area contributed by atoms with Crippen LogP contribution in [0.15, 0.2) is 59.4 Å². The average molecular weight is 434 g/mol. The Labute approximate surface area is 185 Å². The van der Waals surface area contributed by atoms with Gasteiger partial charge < -0.3 is 24.6 Å². The number of rotatable bonds is 8. The molecule has 8 heteroatoms. The predicted octanol–water partition coefficient (Wildman–Crippen LogP) is 4.03. The summed E-state index contributed by atoms with van der Waals surface area (Å²) in [5.74, 6) is 0.858. The van der Waals surface area contributed by atoms with Crippen LogP contribution in [0.4, 0.5) is 0 Å². The number of oxazole rings is 1. The molecule has 0 spiro atoms. The van der Waals surface area contributed by atoms with Crippen molar-refractivity contribution in [3.05, 3.63) is 66.2 Å². The van der Waals surface area contributed by atoms with Gasteiger partial charge in [0, 0.05) is 11.1 Å². The van der Waals surface area contributed by atoms with Crippen LogP contribution in [0.2, 0.25) is 0 Å². The minimum absolute atomic E-state index is 0.311. The van der Waals surface area contributed by atoms with Crippen molar-refractivity contribution >= 4 is 17.0 Å². The van der Waals surface area contributed by atoms with Crippen molar-refractivity contribution in [2.75, 3.05) is 6.61 Å². The smallest absolute Gasteiger partial charge is 0.270 e. The summed E-state index contributed by atoms with van der Waals surface area (Å²) in [6, 6.07) is 13.0. The number of hydrogen-bond donors (Lipinski definition) is 3. The van der Waals surface area contributed by atoms with Crippen molar-refractivity contribution in [2.45, 2.75) is 38.8 Å². The van der Waals surface area contributed by atoms with Gasteiger partial charge in [0.05, 0.1) is 30.8 Å². The molecule has 8 nitrogen and oxygen atoms in total. The van der Waals surface area contributed by atoms with E-state index in [1.54, 1.807) is 6.92 Å². The van der Waals surface area contributed by atoms with Gasteiger partial charge in [0.25, 0.3) is 5.91 Å². The second-order valence-electron chi connectivity index (χ2n) is 7.55. The fraction of sp³-hybridized carbons (Fsp3) is 0.292. The number of aromatic amines is 1. The van der Waals surface area contributed by atoms with Gasteiger partial charge >= 0.3 is 0 Å². The molecule has 0 fully saturated rings. The van der Waals surface area contributed by atoms with Gasteiger partial charge in [-0.25, -0.2) is 9.97 Å². The molecule has 0 bridgehead atoms. The Morgan fingerprint density at radius 1 is 1.25 bits per heavy atom. The van der Waals surface area contributed by atoms with Gasteiger partial charge in [-0.1, -0.05) is 19.1 Å². The lowest BCUT2D eigenvalue weighted by Gasteiger charge is -2.37. The Kier molecular flexibility index (Phi) is 5.96. The Hall–Kier alpha value is -3.65. The molecule has 0 radical (unpaired) electrons. The van der Waals surface area contributed by atoms with Crippen LogP contribution in [0.1, 0.15) is 43.2 Å². The number of para-hydroxylation sites is 1. The van der Waals surface area contributed by atoms with Crippen LogP contribution in [-0.4, -0.2) is 38.7 Å². The van der Waals surface area contributed by atoms with Crippen LogP contribution >= 0.6 is 0 Å². The van der Waals surface area contributed by atoms with E-state index in [2.05, 4.69) is 15.3 Å². The van der Waals surface area contributed by atoms with Crippen LogP contribution < -0.4 is 10.1 Å². The first kappa shape index (κ1) is 21.6. The molecule has 1 amide bonds. The number of nitrogens with one attached hydrogen (secondary N) is 2. The second kappa shape index (κ2) is 8.84. The van der Waals surface area contributed by atoms with Crippen molar-refractivity contribution in [2.24, 2.45) is 0 Å². The number of benzene rings is 2. The third-order valence-corrected chi connectivity index (χ3v) is 5.66. The summed E-state index contributed by atoms with van der Waals surface area (Å²) >= 11 is 0. The largest absolute Gasteiger partial charge is 0.494 e. The summed E-state index contributed by atoms with van der Waals surface area (Å²) < 4.78 is 11.5. The number of aromatic nitrogens is 3. The molecule has 3 N–H and O–H groups in total. The highest BCUT2D eigenvalue weighted by atomic mass is 16.5. The zero-order chi connectivity index (χ0) is 22.7. The molecule has 2 atom stereocenters. The predicted molar refractivity (Wildman–Crippen MR) is 120 cm³/mol. The minimum Gasteiger partial charge on any atom is -0.494 e. The Balaban J connectivity index is 1.78. The van der Waals surface area contributed by atoms with E-state index in [9.17, 15) is 9.90 Å². The van der Waals surface area contributed by atoms with Crippen molar-refractivity contribution in [3.8, 4) is 17.2 Å². The third kappa shape index (κ3) is 3.85. The zero-order valence-electron chi connectivity index (χ0n) is 18.3. The van der Waals surface area contributed by atoms with Gasteiger partial charge in [0.15, 0.2) is 5.58 Å². The highest BCUT2D eigenvalue weighted by Crippen LogP contribution is 2.36. The molecule has 0 aliphatic heterocycles. The normalized spacial score (nSPS) is 14.1. The van der Waals surface area contributed by atoms with Crippen LogP contribution in [0.3, 0.4) is 0 Å². The van der Waals surface area contributed by atoms with Crippen molar-refractivity contribution < 1.29 is 19.1 Å². The van der Waals surface area contributed by atoms with Gasteiger partial charge in [-0.05, 0) is 50.6 Å². The number of hydrogen-bond acceptors (Lipinski definition) is 6. The van der Waals surface area contributed by atoms with Crippen molar-refractivity contribution in [1.82, 2.24) is 20.3 Å². The van der Waals surface area contributed by atoms with E-state index in [0.29, 0.717) is 41.3 Å². The summed E-state index contributed by atoms with van der Waals surface area (Å²) in [4.78, 5) is 24.3. The van der Waals surface area contributed by atoms with E-state index in [4.69, 9.17) is 14.1 Å². The molecule has 0 aliphatic carbocycles. The summed E-state index contributed by atoms with van der Waals surface area (Å²) in [6.45, 7) is 6.09. The maximum atomic E-state index is 12.9. The number of amides is 1. The summed E-state index contributed by atoms with van der Waals surface area (Å²) in [6.07, 6.45) is 2.43. The quantitative estimate of drug-likeness (QED) is 0.386. The number of carbonyl (C=O) groups is 1. The summed E-state index contributed by atoms with van der Waals surface area (Å²) in [5, 5.41) is 13.8. The molecule has 0 unspecified atom stereocenters. The number of H-pyrrole nitrogens is 1. The number of fused-ring (bicyclic) bond motifs is 1. The minimum atomic E-state index is -1.07. The Morgan fingerprint density at radius 3 is 2.66 bits per heavy atom. The Morgan fingerprint density at radius 2 is 2.03 bits per heavy atom. The van der Waals surface area contributed by atoms with Crippen molar-refractivity contribution in [3.63, 3.8) is 0 Å². The van der Waals surface area contributed by atoms with Crippen molar-refractivity contribution in [1.29, 1.82) is 0 Å². The SMILES string of the molecule is CCOc1ccc(-c2nc3c([C@@](CC)(NC(=O)c4cnc[nH]4)[C@H](C)O)cccc3o2)cc1. The zero-order valence-corrected chi connectivity index (χ0v) is 18.3. The summed E-state index contributed by atoms with van der Waals surface area (Å²) in [7, 11) is 0. The first-order valence-corrected chi connectivity index (χ1v) is 10.6. The fourth-order valence-electron chi connectivity index (χ4n) is 3.91. The molecule has 0 saturated heterocycles. The highest BCUT2D eigenvalue weighted by Gasteiger charge is 2.40. The molecule has 2 aromatic heterocycles. The van der Waals surface area contributed by atoms with E-state index in [1.165, 1.54) is 12.5 Å². The third-order valence-electron chi connectivity index (χ3n) is 5.66. The number of ether oxygens (including phenoxy) is 1. The standard InChI is InChI=1S/C24H26N4O4/c1-4-24(15(3)29,28-22(30)19-13-25-14-26-19)18-7-6-8-20-21(18)27-23(32-20)16-9-11-17(12-10-16)31-5-2/h6-15,29H,4-5H2,1-3H3,(H,25,26)(H,28,30)/t15-,24-/m0/s1. The molecular formula is C24H26N4O4. The first-order chi connectivity index (χ1) is 15.5. The molecule has 2 heterocycles. The maximum Gasteiger partial charge on any atom is 0.270 e. The lowest BCUT2D eigenvalue weighted by molar-refractivity contribution is 0.0555. The number of aliphatic hydroxyl groups is 1. The van der Waals surface area contributed by atoms with Crippen LogP contribution in [-0.2, 0) is 5.54 Å². The number of nitrogens with zero attached hydrogens (tertiary/aromatic N) is 2. The van der Waals surface area contributed by atoms with E-state index >= 15 is 0 Å². The lowest BCUT2D eigenvalue weighted by Crippen LogP contribution is -2.53. The van der Waals surface area contributed by atoms with E-state index in [0.717, 1.165) is 11.3 Å². The molecular weight excluding hydrogens is 408 g/mol. The first-order valence-electron chi connectivity index (χ1n) is 10.6. The van der Waals surface area contributed by atoms with Gasteiger partial charge in [-0.3, -0.25) is 4.79 Å². The van der Waals surface area contributed by atoms with Crippen LogP contribution in [0.5, 0.6) is 5.75 Å². The van der Waals surface area contributed by atoms with Crippen LogP contribution in [0, 0.1) is 0 Å². The van der Waals surface area contributed by atoms with Gasteiger partial charge in [0.1, 0.15) is 17.0 Å². The van der Waals surface area contributed by atoms with E-state index in [1.807, 2.05) is 56.3 Å². The lowest BCUT2D eigenvalue weighted by atomic mass is 9.81. The maximum absolute atomic E-state index is 12.9. The molecule has 4 aromatic rings. The molecule has 166 valence electrons.